The number of fused-ring (bicyclic) bond motifs is 1. The molecule has 0 bridgehead atoms. The van der Waals surface area contributed by atoms with Crippen LogP contribution in [0.15, 0.2) is 81.3 Å². The quantitative estimate of drug-likeness (QED) is 0.178. The maximum absolute atomic E-state index is 14.6. The first-order valence-electron chi connectivity index (χ1n) is 13.8. The second-order valence-corrected chi connectivity index (χ2v) is 15.8. The average Bonchev–Trinajstić information content (AvgIpc) is 3.72. The van der Waals surface area contributed by atoms with Gasteiger partial charge in [0.25, 0.3) is 15.9 Å². The van der Waals surface area contributed by atoms with Gasteiger partial charge in [-0.15, -0.1) is 11.3 Å². The molecule has 3 aromatic heterocycles. The second kappa shape index (κ2) is 10.8. The number of thiophene rings is 1. The Morgan fingerprint density at radius 2 is 1.70 bits per heavy atom. The number of piperidine rings is 1. The van der Waals surface area contributed by atoms with Crippen LogP contribution in [0.25, 0.3) is 0 Å². The van der Waals surface area contributed by atoms with Crippen LogP contribution in [0.4, 0.5) is 0 Å². The summed E-state index contributed by atoms with van der Waals surface area (Å²) in [5.41, 5.74) is 1.12. The number of nitrogens with one attached hydrogen (secondary N) is 3. The number of carbonyl (C=O) groups is 2. The first-order valence-corrected chi connectivity index (χ1v) is 16.8. The van der Waals surface area contributed by atoms with Gasteiger partial charge in [0.05, 0.1) is 28.1 Å². The highest BCUT2D eigenvalue weighted by atomic mass is 79.9. The molecule has 1 saturated carbocycles. The Bertz CT molecular complexity index is 1870. The highest BCUT2D eigenvalue weighted by molar-refractivity contribution is 9.11. The van der Waals surface area contributed by atoms with Crippen molar-refractivity contribution in [1.82, 2.24) is 34.5 Å². The van der Waals surface area contributed by atoms with Crippen molar-refractivity contribution >= 4 is 49.0 Å². The summed E-state index contributed by atoms with van der Waals surface area (Å²) >= 11 is 4.51. The molecule has 3 fully saturated rings. The van der Waals surface area contributed by atoms with Crippen LogP contribution in [-0.2, 0) is 27.7 Å². The van der Waals surface area contributed by atoms with E-state index >= 15 is 0 Å². The number of halogens is 1. The number of ketones is 1. The van der Waals surface area contributed by atoms with E-state index in [-0.39, 0.29) is 59.7 Å². The zero-order valence-electron chi connectivity index (χ0n) is 23.0. The van der Waals surface area contributed by atoms with Gasteiger partial charge in [0.1, 0.15) is 15.6 Å². The van der Waals surface area contributed by atoms with Crippen molar-refractivity contribution in [3.63, 3.8) is 0 Å². The number of rotatable bonds is 9. The van der Waals surface area contributed by atoms with Crippen LogP contribution in [0.3, 0.4) is 0 Å². The Hall–Kier alpha value is -4.10. The summed E-state index contributed by atoms with van der Waals surface area (Å²) in [4.78, 5) is 44.1. The topological polar surface area (TPSA) is 168 Å². The Morgan fingerprint density at radius 3 is 2.23 bits per heavy atom. The number of aromatic amines is 2. The van der Waals surface area contributed by atoms with Crippen molar-refractivity contribution in [2.75, 3.05) is 13.1 Å². The predicted octanol–water partition coefficient (Wildman–Crippen LogP) is 2.83. The summed E-state index contributed by atoms with van der Waals surface area (Å²) in [6, 6.07) is 11.4. The molecule has 2 saturated heterocycles. The van der Waals surface area contributed by atoms with Gasteiger partial charge in [0.15, 0.2) is 5.78 Å². The summed E-state index contributed by atoms with van der Waals surface area (Å²) in [6.07, 6.45) is 8.37. The minimum Gasteiger partial charge on any atom is -0.356 e. The molecule has 224 valence electrons. The maximum Gasteiger partial charge on any atom is 0.254 e. The van der Waals surface area contributed by atoms with Crippen LogP contribution >= 0.6 is 27.3 Å². The Labute approximate surface area is 265 Å². The van der Waals surface area contributed by atoms with Gasteiger partial charge in [-0.2, -0.15) is 9.57 Å². The summed E-state index contributed by atoms with van der Waals surface area (Å²) < 4.78 is 29.1. The van der Waals surface area contributed by atoms with E-state index < -0.39 is 15.6 Å². The molecular weight excluding hydrogens is 668 g/mol. The number of H-pyrrole nitrogens is 2. The van der Waals surface area contributed by atoms with E-state index in [1.165, 1.54) is 21.7 Å². The van der Waals surface area contributed by atoms with Crippen LogP contribution in [0.1, 0.15) is 27.3 Å². The number of amides is 1. The first-order chi connectivity index (χ1) is 21.2. The van der Waals surface area contributed by atoms with Crippen LogP contribution in [0.2, 0.25) is 0 Å². The Kier molecular flexibility index (Phi) is 7.04. The number of hydrogen-bond donors (Lipinski definition) is 3. The molecule has 1 amide bonds. The molecule has 15 heteroatoms. The van der Waals surface area contributed by atoms with Gasteiger partial charge in [0, 0.05) is 79.2 Å². The third-order valence-corrected chi connectivity index (χ3v) is 12.4. The molecule has 7 rings (SSSR count). The molecule has 1 aromatic carbocycles. The largest absolute Gasteiger partial charge is 0.356 e. The molecule has 12 nitrogen and oxygen atoms in total. The van der Waals surface area contributed by atoms with E-state index in [4.69, 9.17) is 5.26 Å². The van der Waals surface area contributed by atoms with Gasteiger partial charge < -0.3 is 15.3 Å². The van der Waals surface area contributed by atoms with Crippen LogP contribution < -0.4 is 5.32 Å². The molecular formula is C29H25BrN8O4S2. The van der Waals surface area contributed by atoms with Crippen molar-refractivity contribution in [1.29, 1.82) is 5.26 Å². The number of hydrogen-bond acceptors (Lipinski definition) is 9. The lowest BCUT2D eigenvalue weighted by Crippen LogP contribution is -2.51. The van der Waals surface area contributed by atoms with Crippen LogP contribution in [-0.4, -0.2) is 73.9 Å². The number of nitriles is 1. The van der Waals surface area contributed by atoms with Crippen molar-refractivity contribution < 1.29 is 18.0 Å². The van der Waals surface area contributed by atoms with Crippen molar-refractivity contribution in [3.05, 3.63) is 99.6 Å². The van der Waals surface area contributed by atoms with E-state index in [0.29, 0.717) is 16.9 Å². The average molecular weight is 694 g/mol. The van der Waals surface area contributed by atoms with Crippen molar-refractivity contribution in [2.24, 2.45) is 11.8 Å². The number of benzene rings is 1. The van der Waals surface area contributed by atoms with Gasteiger partial charge in [-0.25, -0.2) is 18.4 Å². The zero-order valence-corrected chi connectivity index (χ0v) is 26.2. The zero-order chi connectivity index (χ0) is 30.6. The summed E-state index contributed by atoms with van der Waals surface area (Å²) in [5.74, 6) is -0.340. The lowest BCUT2D eigenvalue weighted by molar-refractivity contribution is -0.132. The number of allylic oxidation sites excluding steroid dienone is 1. The highest BCUT2D eigenvalue weighted by Crippen LogP contribution is 2.53. The van der Waals surface area contributed by atoms with E-state index in [2.05, 4.69) is 41.2 Å². The SMILES string of the molecule is N#Cc1ccc(C(=O)/C=C2\NC(Cc3cnc[nH]3)(Cc3cnc[nH]3)C(=O)N2C2[C@H]3CN(S(=O)(=O)c4ccc(Br)s4)C[C@@H]23)cc1. The maximum atomic E-state index is 14.6. The fourth-order valence-corrected chi connectivity index (χ4v) is 10.0. The molecule has 44 heavy (non-hydrogen) atoms. The first kappa shape index (κ1) is 28.7. The summed E-state index contributed by atoms with van der Waals surface area (Å²) in [6.45, 7) is 0.559. The molecule has 4 aromatic rings. The molecule has 1 aliphatic carbocycles. The van der Waals surface area contributed by atoms with Gasteiger partial charge in [-0.05, 0) is 52.3 Å². The fourth-order valence-electron chi connectivity index (χ4n) is 6.33. The Morgan fingerprint density at radius 1 is 1.07 bits per heavy atom. The lowest BCUT2D eigenvalue weighted by Gasteiger charge is -2.27. The lowest BCUT2D eigenvalue weighted by atomic mass is 9.88. The predicted molar refractivity (Wildman–Crippen MR) is 162 cm³/mol. The van der Waals surface area contributed by atoms with E-state index in [1.54, 1.807) is 66.3 Å². The van der Waals surface area contributed by atoms with E-state index in [9.17, 15) is 18.0 Å². The molecule has 3 aliphatic rings. The molecule has 3 atom stereocenters. The molecule has 2 aliphatic heterocycles. The monoisotopic (exact) mass is 692 g/mol. The standard InChI is InChI=1S/C29H25BrN8O4S2/c30-24-5-6-26(43-24)44(41,42)37-13-21-22(14-37)27(21)38-25(7-23(39)18-3-1-17(10-31)2-4-18)36-29(28(38)40,8-19-11-32-15-34-19)9-20-12-33-16-35-20/h1-7,11-12,15-16,21-22,27,36H,8-9,13-14H2,(H,32,34)(H,33,35)/b25-7+/t21-,22+,27?. The van der Waals surface area contributed by atoms with Gasteiger partial charge in [-0.1, -0.05) is 0 Å². The number of imidazole rings is 2. The van der Waals surface area contributed by atoms with Gasteiger partial charge in [-0.3, -0.25) is 14.5 Å². The third kappa shape index (κ3) is 4.97. The normalized spacial score (nSPS) is 23.5. The minimum atomic E-state index is -3.66. The number of sulfonamides is 1. The molecule has 0 spiro atoms. The minimum absolute atomic E-state index is 0.0811. The third-order valence-electron chi connectivity index (χ3n) is 8.47. The molecule has 5 heterocycles. The van der Waals surface area contributed by atoms with E-state index in [0.717, 1.165) is 15.2 Å². The molecule has 0 radical (unpaired) electrons. The van der Waals surface area contributed by atoms with Crippen LogP contribution in [0, 0.1) is 23.2 Å². The summed E-state index contributed by atoms with van der Waals surface area (Å²) in [7, 11) is -3.66. The van der Waals surface area contributed by atoms with E-state index in [1.807, 2.05) is 6.07 Å². The highest BCUT2D eigenvalue weighted by Gasteiger charge is 2.65. The Balaban J connectivity index is 1.22. The second-order valence-electron chi connectivity index (χ2n) is 11.2. The molecule has 1 unspecified atom stereocenters. The van der Waals surface area contributed by atoms with Crippen molar-refractivity contribution in [2.45, 2.75) is 28.6 Å². The van der Waals surface area contributed by atoms with Gasteiger partial charge >= 0.3 is 0 Å². The number of aromatic nitrogens is 4. The van der Waals surface area contributed by atoms with Crippen molar-refractivity contribution in [3.8, 4) is 6.07 Å². The number of nitrogens with zero attached hydrogens (tertiary/aromatic N) is 5. The smallest absolute Gasteiger partial charge is 0.254 e. The van der Waals surface area contributed by atoms with Crippen LogP contribution in [0.5, 0.6) is 0 Å². The molecule has 3 N–H and O–H groups in total. The summed E-state index contributed by atoms with van der Waals surface area (Å²) in [5, 5.41) is 12.6. The fraction of sp³-hybridized carbons (Fsp3) is 0.276. The number of carbonyl (C=O) groups excluding carboxylic acids is 2. The van der Waals surface area contributed by atoms with Gasteiger partial charge in [0.2, 0.25) is 0 Å².